The van der Waals surface area contributed by atoms with E-state index in [4.69, 9.17) is 4.74 Å². The Bertz CT molecular complexity index is 951. The topological polar surface area (TPSA) is 87.7 Å². The number of rotatable bonds is 6. The summed E-state index contributed by atoms with van der Waals surface area (Å²) in [6.45, 7) is 3.43. The first-order valence-corrected chi connectivity index (χ1v) is 9.64. The number of hydrogen-bond donors (Lipinski definition) is 2. The monoisotopic (exact) mass is 393 g/mol. The summed E-state index contributed by atoms with van der Waals surface area (Å²) in [5.74, 6) is 0.765. The minimum absolute atomic E-state index is 0.160. The van der Waals surface area contributed by atoms with Gasteiger partial charge >= 0.3 is 6.03 Å². The van der Waals surface area contributed by atoms with Gasteiger partial charge in [0.2, 0.25) is 5.91 Å². The number of nitrogens with one attached hydrogen (secondary N) is 2. The molecular weight excluding hydrogens is 370 g/mol. The molecule has 0 aromatic heterocycles. The molecule has 2 fully saturated rings. The number of benzene rings is 2. The number of anilines is 1. The standard InChI is InChI=1S/C22H23N3O4/c1-14-3-9-17(10-4-14)29-18-11-7-16(8-12-18)23-19(26)13-25-20(27)22(2,15-5-6-15)24-21(25)28/h3-4,7-12,15H,5-6,13H2,1-2H3,(H,23,26)(H,24,28)/t22-/m1/s1. The SMILES string of the molecule is Cc1ccc(Oc2ccc(NC(=O)CN3C(=O)N[C@](C)(C4CC4)C3=O)cc2)cc1. The van der Waals surface area contributed by atoms with Gasteiger partial charge in [-0.2, -0.15) is 0 Å². The van der Waals surface area contributed by atoms with Gasteiger partial charge < -0.3 is 15.4 Å². The zero-order chi connectivity index (χ0) is 20.6. The maximum atomic E-state index is 12.6. The lowest BCUT2D eigenvalue weighted by molar-refractivity contribution is -0.134. The van der Waals surface area contributed by atoms with Crippen LogP contribution in [0.4, 0.5) is 10.5 Å². The number of nitrogens with zero attached hydrogens (tertiary/aromatic N) is 1. The van der Waals surface area contributed by atoms with Crippen LogP contribution in [-0.4, -0.2) is 34.8 Å². The second-order valence-electron chi connectivity index (χ2n) is 7.79. The lowest BCUT2D eigenvalue weighted by Gasteiger charge is -2.20. The molecular formula is C22H23N3O4. The van der Waals surface area contributed by atoms with Gasteiger partial charge in [0.1, 0.15) is 23.6 Å². The molecule has 1 heterocycles. The number of imide groups is 1. The van der Waals surface area contributed by atoms with E-state index >= 15 is 0 Å². The fraction of sp³-hybridized carbons (Fsp3) is 0.318. The van der Waals surface area contributed by atoms with E-state index in [2.05, 4.69) is 10.6 Å². The molecule has 1 aliphatic heterocycles. The maximum Gasteiger partial charge on any atom is 0.325 e. The summed E-state index contributed by atoms with van der Waals surface area (Å²) in [4.78, 5) is 38.1. The third-order valence-corrected chi connectivity index (χ3v) is 5.39. The third kappa shape index (κ3) is 3.94. The Morgan fingerprint density at radius 3 is 2.28 bits per heavy atom. The van der Waals surface area contributed by atoms with Crippen LogP contribution in [0.2, 0.25) is 0 Å². The van der Waals surface area contributed by atoms with Gasteiger partial charge in [0.05, 0.1) is 0 Å². The molecule has 29 heavy (non-hydrogen) atoms. The second kappa shape index (κ2) is 7.24. The van der Waals surface area contributed by atoms with E-state index < -0.39 is 17.5 Å². The Morgan fingerprint density at radius 1 is 1.10 bits per heavy atom. The normalized spacial score (nSPS) is 21.1. The summed E-state index contributed by atoms with van der Waals surface area (Å²) >= 11 is 0. The fourth-order valence-electron chi connectivity index (χ4n) is 3.49. The van der Waals surface area contributed by atoms with Crippen LogP contribution in [0.15, 0.2) is 48.5 Å². The van der Waals surface area contributed by atoms with Crippen molar-refractivity contribution in [3.8, 4) is 11.5 Å². The van der Waals surface area contributed by atoms with Crippen LogP contribution in [0, 0.1) is 12.8 Å². The average Bonchev–Trinajstić information content (AvgIpc) is 3.51. The number of ether oxygens (including phenoxy) is 1. The minimum Gasteiger partial charge on any atom is -0.457 e. The number of amides is 4. The average molecular weight is 393 g/mol. The summed E-state index contributed by atoms with van der Waals surface area (Å²) in [6, 6.07) is 14.1. The van der Waals surface area contributed by atoms with E-state index in [-0.39, 0.29) is 18.4 Å². The van der Waals surface area contributed by atoms with Crippen molar-refractivity contribution in [2.75, 3.05) is 11.9 Å². The first-order chi connectivity index (χ1) is 13.8. The van der Waals surface area contributed by atoms with Crippen LogP contribution < -0.4 is 15.4 Å². The van der Waals surface area contributed by atoms with Gasteiger partial charge in [-0.05, 0) is 69.0 Å². The van der Waals surface area contributed by atoms with Crippen LogP contribution in [0.5, 0.6) is 11.5 Å². The molecule has 2 aromatic rings. The quantitative estimate of drug-likeness (QED) is 0.736. The van der Waals surface area contributed by atoms with Gasteiger partial charge in [-0.25, -0.2) is 4.79 Å². The Balaban J connectivity index is 1.34. The van der Waals surface area contributed by atoms with Gasteiger partial charge in [-0.3, -0.25) is 14.5 Å². The summed E-state index contributed by atoms with van der Waals surface area (Å²) in [5.41, 5.74) is 0.827. The van der Waals surface area contributed by atoms with E-state index in [1.165, 1.54) is 0 Å². The van der Waals surface area contributed by atoms with Crippen molar-refractivity contribution >= 4 is 23.5 Å². The molecule has 2 aromatic carbocycles. The van der Waals surface area contributed by atoms with Gasteiger partial charge in [0.25, 0.3) is 5.91 Å². The highest BCUT2D eigenvalue weighted by molar-refractivity contribution is 6.10. The van der Waals surface area contributed by atoms with Gasteiger partial charge in [0, 0.05) is 5.69 Å². The Labute approximate surface area is 169 Å². The predicted octanol–water partition coefficient (Wildman–Crippen LogP) is 3.45. The van der Waals surface area contributed by atoms with Crippen LogP contribution in [0.1, 0.15) is 25.3 Å². The second-order valence-corrected chi connectivity index (χ2v) is 7.79. The maximum absolute atomic E-state index is 12.6. The number of carbonyl (C=O) groups is 3. The van der Waals surface area contributed by atoms with Gasteiger partial charge in [0.15, 0.2) is 0 Å². The fourth-order valence-corrected chi connectivity index (χ4v) is 3.49. The van der Waals surface area contributed by atoms with Crippen molar-refractivity contribution in [2.24, 2.45) is 5.92 Å². The van der Waals surface area contributed by atoms with E-state index in [1.807, 2.05) is 31.2 Å². The molecule has 0 radical (unpaired) electrons. The molecule has 150 valence electrons. The number of urea groups is 1. The van der Waals surface area contributed by atoms with E-state index in [0.717, 1.165) is 29.1 Å². The van der Waals surface area contributed by atoms with Crippen molar-refractivity contribution in [3.05, 3.63) is 54.1 Å². The molecule has 2 N–H and O–H groups in total. The Hall–Kier alpha value is -3.35. The molecule has 7 nitrogen and oxygen atoms in total. The first-order valence-electron chi connectivity index (χ1n) is 9.64. The van der Waals surface area contributed by atoms with Gasteiger partial charge in [-0.1, -0.05) is 17.7 Å². The van der Waals surface area contributed by atoms with Gasteiger partial charge in [-0.15, -0.1) is 0 Å². The largest absolute Gasteiger partial charge is 0.457 e. The van der Waals surface area contributed by atoms with Crippen molar-refractivity contribution in [1.82, 2.24) is 10.2 Å². The number of hydrogen-bond acceptors (Lipinski definition) is 4. The molecule has 4 rings (SSSR count). The molecule has 1 saturated heterocycles. The summed E-state index contributed by atoms with van der Waals surface area (Å²) < 4.78 is 5.76. The summed E-state index contributed by atoms with van der Waals surface area (Å²) in [5, 5.41) is 5.45. The van der Waals surface area contributed by atoms with Crippen LogP contribution in [-0.2, 0) is 9.59 Å². The lowest BCUT2D eigenvalue weighted by Crippen LogP contribution is -2.46. The molecule has 0 bridgehead atoms. The molecule has 1 atom stereocenters. The van der Waals surface area contributed by atoms with Crippen LogP contribution >= 0.6 is 0 Å². The zero-order valence-electron chi connectivity index (χ0n) is 16.4. The molecule has 1 saturated carbocycles. The minimum atomic E-state index is -0.883. The highest BCUT2D eigenvalue weighted by Crippen LogP contribution is 2.42. The highest BCUT2D eigenvalue weighted by Gasteiger charge is 2.56. The van der Waals surface area contributed by atoms with E-state index in [9.17, 15) is 14.4 Å². The zero-order valence-corrected chi connectivity index (χ0v) is 16.4. The number of aryl methyl sites for hydroxylation is 1. The molecule has 4 amide bonds. The Kier molecular flexibility index (Phi) is 4.74. The summed E-state index contributed by atoms with van der Waals surface area (Å²) in [7, 11) is 0. The van der Waals surface area contributed by atoms with E-state index in [0.29, 0.717) is 11.4 Å². The summed E-state index contributed by atoms with van der Waals surface area (Å²) in [6.07, 6.45) is 1.83. The van der Waals surface area contributed by atoms with Crippen molar-refractivity contribution in [2.45, 2.75) is 32.2 Å². The molecule has 2 aliphatic rings. The molecule has 7 heteroatoms. The van der Waals surface area contributed by atoms with Crippen molar-refractivity contribution in [3.63, 3.8) is 0 Å². The molecule has 1 aliphatic carbocycles. The lowest BCUT2D eigenvalue weighted by atomic mass is 9.96. The van der Waals surface area contributed by atoms with Crippen molar-refractivity contribution < 1.29 is 19.1 Å². The number of carbonyl (C=O) groups excluding carboxylic acids is 3. The Morgan fingerprint density at radius 2 is 1.69 bits per heavy atom. The van der Waals surface area contributed by atoms with Crippen LogP contribution in [0.3, 0.4) is 0 Å². The highest BCUT2D eigenvalue weighted by atomic mass is 16.5. The predicted molar refractivity (Wildman–Crippen MR) is 108 cm³/mol. The smallest absolute Gasteiger partial charge is 0.325 e. The van der Waals surface area contributed by atoms with E-state index in [1.54, 1.807) is 31.2 Å². The third-order valence-electron chi connectivity index (χ3n) is 5.39. The molecule has 0 spiro atoms. The van der Waals surface area contributed by atoms with Crippen molar-refractivity contribution in [1.29, 1.82) is 0 Å². The molecule has 0 unspecified atom stereocenters. The first kappa shape index (κ1) is 19.0. The van der Waals surface area contributed by atoms with Crippen LogP contribution in [0.25, 0.3) is 0 Å².